The molecule has 0 spiro atoms. The molecule has 5 rings (SSSR count). The minimum atomic E-state index is -0.494. The van der Waals surface area contributed by atoms with Gasteiger partial charge < -0.3 is 24.6 Å². The lowest BCUT2D eigenvalue weighted by molar-refractivity contribution is 0.0713. The maximum atomic E-state index is 14.2. The largest absolute Gasteiger partial charge is 0.490 e. The Morgan fingerprint density at radius 2 is 1.97 bits per heavy atom. The van der Waals surface area contributed by atoms with Crippen LogP contribution in [0.4, 0.5) is 10.2 Å². The van der Waals surface area contributed by atoms with Crippen LogP contribution in [-0.2, 0) is 13.1 Å². The number of rotatable bonds is 8. The highest BCUT2D eigenvalue weighted by atomic mass is 19.1. The molecule has 1 amide bonds. The zero-order valence-electron chi connectivity index (χ0n) is 22.1. The first-order chi connectivity index (χ1) is 18.4. The monoisotopic (exact) mass is 519 g/mol. The van der Waals surface area contributed by atoms with Crippen LogP contribution in [0.2, 0.25) is 0 Å². The van der Waals surface area contributed by atoms with Crippen LogP contribution in [0.1, 0.15) is 55.1 Å². The molecule has 9 heteroatoms. The lowest BCUT2D eigenvalue weighted by Gasteiger charge is -2.33. The fourth-order valence-electron chi connectivity index (χ4n) is 5.17. The van der Waals surface area contributed by atoms with E-state index in [1.807, 2.05) is 20.8 Å². The van der Waals surface area contributed by atoms with E-state index in [0.29, 0.717) is 18.1 Å². The van der Waals surface area contributed by atoms with Crippen molar-refractivity contribution < 1.29 is 18.7 Å². The summed E-state index contributed by atoms with van der Waals surface area (Å²) < 4.78 is 26.8. The normalized spacial score (nSPS) is 15.4. The Kier molecular flexibility index (Phi) is 7.74. The molecule has 38 heavy (non-hydrogen) atoms. The number of nitrogens with zero attached hydrogens (tertiary/aromatic N) is 4. The predicted molar refractivity (Wildman–Crippen MR) is 143 cm³/mol. The highest BCUT2D eigenvalue weighted by Gasteiger charge is 2.27. The molecule has 1 fully saturated rings. The Morgan fingerprint density at radius 3 is 2.74 bits per heavy atom. The third kappa shape index (κ3) is 5.43. The van der Waals surface area contributed by atoms with Gasteiger partial charge in [0.1, 0.15) is 29.7 Å². The van der Waals surface area contributed by atoms with E-state index < -0.39 is 5.82 Å². The van der Waals surface area contributed by atoms with E-state index in [1.54, 1.807) is 11.1 Å². The van der Waals surface area contributed by atoms with Crippen molar-refractivity contribution in [1.82, 2.24) is 20.2 Å². The van der Waals surface area contributed by atoms with E-state index in [4.69, 9.17) is 9.47 Å². The predicted octanol–water partition coefficient (Wildman–Crippen LogP) is 4.93. The molecule has 0 radical (unpaired) electrons. The Morgan fingerprint density at radius 1 is 1.16 bits per heavy atom. The second-order valence-corrected chi connectivity index (χ2v) is 9.94. The summed E-state index contributed by atoms with van der Waals surface area (Å²) in [5.41, 5.74) is 2.73. The third-order valence-electron chi connectivity index (χ3n) is 7.16. The van der Waals surface area contributed by atoms with Gasteiger partial charge in [-0.15, -0.1) is 0 Å². The summed E-state index contributed by atoms with van der Waals surface area (Å²) in [4.78, 5) is 25.7. The van der Waals surface area contributed by atoms with Crippen molar-refractivity contribution in [2.24, 2.45) is 0 Å². The SMILES string of the molecule is CCN(C(=O)c1cc(F)ccc1Oc1cncnc1N1CCC(Oc2cccc3c2CNC3)CC1)C(C)C. The molecular weight excluding hydrogens is 485 g/mol. The van der Waals surface area contributed by atoms with Gasteiger partial charge in [-0.25, -0.2) is 14.4 Å². The summed E-state index contributed by atoms with van der Waals surface area (Å²) in [6.07, 6.45) is 4.85. The van der Waals surface area contributed by atoms with Crippen LogP contribution in [0, 0.1) is 5.82 Å². The number of carbonyl (C=O) groups excluding carboxylic acids is 1. The van der Waals surface area contributed by atoms with Gasteiger partial charge >= 0.3 is 0 Å². The van der Waals surface area contributed by atoms with Crippen LogP contribution in [-0.4, -0.2) is 52.6 Å². The number of piperidine rings is 1. The van der Waals surface area contributed by atoms with Crippen molar-refractivity contribution in [2.75, 3.05) is 24.5 Å². The first-order valence-electron chi connectivity index (χ1n) is 13.3. The number of nitrogens with one attached hydrogen (secondary N) is 1. The molecule has 1 saturated heterocycles. The molecule has 200 valence electrons. The minimum Gasteiger partial charge on any atom is -0.490 e. The van der Waals surface area contributed by atoms with Crippen molar-refractivity contribution >= 4 is 11.7 Å². The van der Waals surface area contributed by atoms with Gasteiger partial charge in [-0.05, 0) is 50.6 Å². The first kappa shape index (κ1) is 25.9. The van der Waals surface area contributed by atoms with Crippen LogP contribution in [0.25, 0.3) is 0 Å². The van der Waals surface area contributed by atoms with Crippen molar-refractivity contribution in [3.05, 3.63) is 71.4 Å². The van der Waals surface area contributed by atoms with Crippen LogP contribution in [0.3, 0.4) is 0 Å². The summed E-state index contributed by atoms with van der Waals surface area (Å²) in [6.45, 7) is 9.46. The van der Waals surface area contributed by atoms with E-state index in [2.05, 4.69) is 38.4 Å². The number of aromatic nitrogens is 2. The average Bonchev–Trinajstić information content (AvgIpc) is 3.41. The molecule has 2 aliphatic heterocycles. The Hall–Kier alpha value is -3.72. The summed E-state index contributed by atoms with van der Waals surface area (Å²) in [5, 5.41) is 3.39. The molecule has 1 aromatic heterocycles. The standard InChI is InChI=1S/C29H34FN5O3/c1-4-35(19(2)3)29(36)23-14-21(30)8-9-26(23)38-27-17-32-18-33-28(27)34-12-10-22(11-13-34)37-25-7-5-6-20-15-31-16-24(20)25/h5-9,14,17-19,22,31H,4,10-13,15-16H2,1-3H3. The van der Waals surface area contributed by atoms with Crippen LogP contribution < -0.4 is 19.7 Å². The minimum absolute atomic E-state index is 0.0315. The molecule has 0 unspecified atom stereocenters. The van der Waals surface area contributed by atoms with E-state index in [1.165, 1.54) is 35.7 Å². The highest BCUT2D eigenvalue weighted by molar-refractivity contribution is 5.97. The summed E-state index contributed by atoms with van der Waals surface area (Å²) in [7, 11) is 0. The van der Waals surface area contributed by atoms with Gasteiger partial charge in [0, 0.05) is 57.2 Å². The molecule has 0 aliphatic carbocycles. The molecule has 2 aromatic carbocycles. The second kappa shape index (κ2) is 11.3. The molecule has 0 bridgehead atoms. The fraction of sp³-hybridized carbons (Fsp3) is 0.414. The summed E-state index contributed by atoms with van der Waals surface area (Å²) in [6, 6.07) is 10.2. The van der Waals surface area contributed by atoms with Crippen molar-refractivity contribution in [3.63, 3.8) is 0 Å². The van der Waals surface area contributed by atoms with E-state index in [0.717, 1.165) is 44.8 Å². The number of carbonyl (C=O) groups is 1. The molecule has 1 N–H and O–H groups in total. The quantitative estimate of drug-likeness (QED) is 0.452. The van der Waals surface area contributed by atoms with Crippen molar-refractivity contribution in [2.45, 2.75) is 58.8 Å². The second-order valence-electron chi connectivity index (χ2n) is 9.94. The molecule has 0 atom stereocenters. The van der Waals surface area contributed by atoms with Crippen LogP contribution >= 0.6 is 0 Å². The summed E-state index contributed by atoms with van der Waals surface area (Å²) in [5.74, 6) is 1.53. The smallest absolute Gasteiger partial charge is 0.257 e. The third-order valence-corrected chi connectivity index (χ3v) is 7.16. The number of halogens is 1. The lowest BCUT2D eigenvalue weighted by atomic mass is 10.1. The topological polar surface area (TPSA) is 79.8 Å². The summed E-state index contributed by atoms with van der Waals surface area (Å²) >= 11 is 0. The number of anilines is 1. The number of amides is 1. The lowest BCUT2D eigenvalue weighted by Crippen LogP contribution is -2.39. The van der Waals surface area contributed by atoms with Gasteiger partial charge in [-0.1, -0.05) is 12.1 Å². The van der Waals surface area contributed by atoms with Gasteiger partial charge in [-0.3, -0.25) is 4.79 Å². The van der Waals surface area contributed by atoms with Gasteiger partial charge in [-0.2, -0.15) is 0 Å². The number of ether oxygens (including phenoxy) is 2. The molecule has 3 heterocycles. The Balaban J connectivity index is 1.31. The van der Waals surface area contributed by atoms with Crippen molar-refractivity contribution in [3.8, 4) is 17.2 Å². The highest BCUT2D eigenvalue weighted by Crippen LogP contribution is 2.35. The zero-order chi connectivity index (χ0) is 26.6. The molecule has 3 aromatic rings. The van der Waals surface area contributed by atoms with Crippen LogP contribution in [0.15, 0.2) is 48.9 Å². The van der Waals surface area contributed by atoms with E-state index >= 15 is 0 Å². The molecule has 0 saturated carbocycles. The fourth-order valence-corrected chi connectivity index (χ4v) is 5.17. The zero-order valence-corrected chi connectivity index (χ0v) is 22.1. The van der Waals surface area contributed by atoms with E-state index in [-0.39, 0.29) is 29.4 Å². The van der Waals surface area contributed by atoms with Gasteiger partial charge in [0.05, 0.1) is 11.8 Å². The van der Waals surface area contributed by atoms with Gasteiger partial charge in [0.15, 0.2) is 11.6 Å². The molecule has 2 aliphatic rings. The Labute approximate surface area is 222 Å². The number of hydrogen-bond donors (Lipinski definition) is 1. The number of hydrogen-bond acceptors (Lipinski definition) is 7. The van der Waals surface area contributed by atoms with Gasteiger partial charge in [0.25, 0.3) is 5.91 Å². The number of fused-ring (bicyclic) bond motifs is 1. The maximum Gasteiger partial charge on any atom is 0.257 e. The van der Waals surface area contributed by atoms with Crippen molar-refractivity contribution in [1.29, 1.82) is 0 Å². The Bertz CT molecular complexity index is 1290. The number of benzene rings is 2. The van der Waals surface area contributed by atoms with E-state index in [9.17, 15) is 9.18 Å². The van der Waals surface area contributed by atoms with Crippen LogP contribution in [0.5, 0.6) is 17.2 Å². The van der Waals surface area contributed by atoms with Gasteiger partial charge in [0.2, 0.25) is 0 Å². The molecule has 8 nitrogen and oxygen atoms in total. The average molecular weight is 520 g/mol. The maximum absolute atomic E-state index is 14.2. The first-order valence-corrected chi connectivity index (χ1v) is 13.3. The molecular formula is C29H34FN5O3.